The average molecular weight is 309 g/mol. The van der Waals surface area contributed by atoms with Gasteiger partial charge < -0.3 is 4.74 Å². The minimum absolute atomic E-state index is 0.0918. The molecule has 0 bridgehead atoms. The molecule has 2 aromatic carbocycles. The molecule has 0 saturated carbocycles. The van der Waals surface area contributed by atoms with Crippen molar-refractivity contribution in [2.24, 2.45) is 0 Å². The second kappa shape index (κ2) is 6.06. The maximum atomic E-state index is 13.9. The van der Waals surface area contributed by atoms with Crippen molar-refractivity contribution < 1.29 is 22.3 Å². The number of hydrogen-bond donors (Lipinski definition) is 0. The van der Waals surface area contributed by atoms with Crippen LogP contribution >= 0.6 is 0 Å². The van der Waals surface area contributed by atoms with E-state index in [1.165, 1.54) is 25.3 Å². The molecule has 0 spiro atoms. The Morgan fingerprint density at radius 2 is 1.86 bits per heavy atom. The van der Waals surface area contributed by atoms with Crippen LogP contribution in [0.1, 0.15) is 11.1 Å². The van der Waals surface area contributed by atoms with Crippen LogP contribution in [0, 0.1) is 17.1 Å². The van der Waals surface area contributed by atoms with E-state index in [1.54, 1.807) is 0 Å². The molecule has 0 fully saturated rings. The fourth-order valence-corrected chi connectivity index (χ4v) is 2.07. The fraction of sp³-hybridized carbons (Fsp3) is 0.188. The number of ether oxygens (including phenoxy) is 1. The van der Waals surface area contributed by atoms with Crippen LogP contribution in [-0.2, 0) is 12.6 Å². The number of alkyl halides is 3. The van der Waals surface area contributed by atoms with Gasteiger partial charge in [-0.05, 0) is 29.8 Å². The van der Waals surface area contributed by atoms with Crippen molar-refractivity contribution in [1.82, 2.24) is 0 Å². The van der Waals surface area contributed by atoms with Crippen LogP contribution in [0.15, 0.2) is 36.4 Å². The molecule has 2 rings (SSSR count). The van der Waals surface area contributed by atoms with E-state index in [9.17, 15) is 17.6 Å². The topological polar surface area (TPSA) is 33.0 Å². The summed E-state index contributed by atoms with van der Waals surface area (Å²) in [6.45, 7) is 0. The third-order valence-electron chi connectivity index (χ3n) is 3.16. The Labute approximate surface area is 124 Å². The highest BCUT2D eigenvalue weighted by molar-refractivity contribution is 5.67. The van der Waals surface area contributed by atoms with Gasteiger partial charge in [-0.15, -0.1) is 0 Å². The summed E-state index contributed by atoms with van der Waals surface area (Å²) < 4.78 is 57.2. The van der Waals surface area contributed by atoms with E-state index in [0.29, 0.717) is 17.4 Å². The third kappa shape index (κ3) is 3.19. The molecule has 0 atom stereocenters. The Bertz CT molecular complexity index is 732. The number of hydrogen-bond acceptors (Lipinski definition) is 2. The van der Waals surface area contributed by atoms with Crippen LogP contribution in [0.2, 0.25) is 0 Å². The van der Waals surface area contributed by atoms with Crippen LogP contribution in [0.3, 0.4) is 0 Å². The van der Waals surface area contributed by atoms with Crippen molar-refractivity contribution in [3.05, 3.63) is 53.3 Å². The predicted octanol–water partition coefficient (Wildman–Crippen LogP) is 4.59. The molecule has 0 aliphatic rings. The minimum Gasteiger partial charge on any atom is -0.496 e. The fourth-order valence-electron chi connectivity index (χ4n) is 2.07. The van der Waals surface area contributed by atoms with Gasteiger partial charge in [-0.2, -0.15) is 18.4 Å². The molecule has 0 aliphatic heterocycles. The van der Waals surface area contributed by atoms with E-state index in [4.69, 9.17) is 10.00 Å². The SMILES string of the molecule is COc1cc(-c2cc(C(F)(F)F)ccc2F)ccc1CC#N. The first-order valence-electron chi connectivity index (χ1n) is 6.28. The van der Waals surface area contributed by atoms with Crippen molar-refractivity contribution in [1.29, 1.82) is 5.26 Å². The van der Waals surface area contributed by atoms with Crippen LogP contribution in [0.5, 0.6) is 5.75 Å². The van der Waals surface area contributed by atoms with E-state index in [2.05, 4.69) is 0 Å². The zero-order valence-electron chi connectivity index (χ0n) is 11.5. The number of nitriles is 1. The van der Waals surface area contributed by atoms with Gasteiger partial charge in [-0.25, -0.2) is 4.39 Å². The summed E-state index contributed by atoms with van der Waals surface area (Å²) in [7, 11) is 1.38. The van der Waals surface area contributed by atoms with Gasteiger partial charge >= 0.3 is 6.18 Å². The van der Waals surface area contributed by atoms with Crippen molar-refractivity contribution in [2.75, 3.05) is 7.11 Å². The first kappa shape index (κ1) is 15.8. The van der Waals surface area contributed by atoms with Gasteiger partial charge in [0.1, 0.15) is 11.6 Å². The summed E-state index contributed by atoms with van der Waals surface area (Å²) in [4.78, 5) is 0. The summed E-state index contributed by atoms with van der Waals surface area (Å²) >= 11 is 0. The molecular weight excluding hydrogens is 298 g/mol. The van der Waals surface area contributed by atoms with Gasteiger partial charge in [-0.3, -0.25) is 0 Å². The summed E-state index contributed by atoms with van der Waals surface area (Å²) in [5, 5.41) is 8.71. The van der Waals surface area contributed by atoms with E-state index in [-0.39, 0.29) is 17.5 Å². The van der Waals surface area contributed by atoms with Gasteiger partial charge in [0.2, 0.25) is 0 Å². The number of benzene rings is 2. The normalized spacial score (nSPS) is 11.1. The van der Waals surface area contributed by atoms with Gasteiger partial charge in [0.05, 0.1) is 25.2 Å². The largest absolute Gasteiger partial charge is 0.496 e. The lowest BCUT2D eigenvalue weighted by molar-refractivity contribution is -0.137. The van der Waals surface area contributed by atoms with Crippen molar-refractivity contribution >= 4 is 0 Å². The van der Waals surface area contributed by atoms with Gasteiger partial charge in [0.25, 0.3) is 0 Å². The number of halogens is 4. The molecular formula is C16H11F4NO. The molecule has 0 aromatic heterocycles. The van der Waals surface area contributed by atoms with Crippen molar-refractivity contribution in [2.45, 2.75) is 12.6 Å². The lowest BCUT2D eigenvalue weighted by atomic mass is 9.99. The van der Waals surface area contributed by atoms with Crippen LogP contribution in [0.25, 0.3) is 11.1 Å². The average Bonchev–Trinajstić information content (AvgIpc) is 2.47. The monoisotopic (exact) mass is 309 g/mol. The van der Waals surface area contributed by atoms with E-state index in [0.717, 1.165) is 12.1 Å². The summed E-state index contributed by atoms with van der Waals surface area (Å²) in [6, 6.07) is 8.62. The highest BCUT2D eigenvalue weighted by Gasteiger charge is 2.31. The van der Waals surface area contributed by atoms with E-state index in [1.807, 2.05) is 6.07 Å². The Morgan fingerprint density at radius 3 is 2.45 bits per heavy atom. The second-order valence-electron chi connectivity index (χ2n) is 4.55. The molecule has 0 saturated heterocycles. The molecule has 22 heavy (non-hydrogen) atoms. The van der Waals surface area contributed by atoms with Crippen molar-refractivity contribution in [3.8, 4) is 22.9 Å². The maximum Gasteiger partial charge on any atom is 0.416 e. The van der Waals surface area contributed by atoms with E-state index < -0.39 is 17.6 Å². The summed E-state index contributed by atoms with van der Waals surface area (Å²) in [5.41, 5.74) is -0.260. The first-order valence-corrected chi connectivity index (χ1v) is 6.28. The van der Waals surface area contributed by atoms with E-state index >= 15 is 0 Å². The standard InChI is InChI=1S/C16H11F4NO/c1-22-15-8-11(3-2-10(15)6-7-21)13-9-12(16(18,19)20)4-5-14(13)17/h2-5,8-9H,6H2,1H3. The summed E-state index contributed by atoms with van der Waals surface area (Å²) in [6.07, 6.45) is -4.46. The van der Waals surface area contributed by atoms with Gasteiger partial charge in [-0.1, -0.05) is 12.1 Å². The van der Waals surface area contributed by atoms with Gasteiger partial charge in [0.15, 0.2) is 0 Å². The van der Waals surface area contributed by atoms with Crippen LogP contribution in [0.4, 0.5) is 17.6 Å². The molecule has 114 valence electrons. The molecule has 0 aliphatic carbocycles. The predicted molar refractivity (Wildman–Crippen MR) is 72.7 cm³/mol. The molecule has 2 aromatic rings. The highest BCUT2D eigenvalue weighted by Crippen LogP contribution is 2.35. The quantitative estimate of drug-likeness (QED) is 0.777. The molecule has 0 heterocycles. The van der Waals surface area contributed by atoms with Crippen LogP contribution < -0.4 is 4.74 Å². The Hall–Kier alpha value is -2.55. The molecule has 0 N–H and O–H groups in total. The number of methoxy groups -OCH3 is 1. The van der Waals surface area contributed by atoms with Crippen LogP contribution in [-0.4, -0.2) is 7.11 Å². The zero-order chi connectivity index (χ0) is 16.3. The lowest BCUT2D eigenvalue weighted by Crippen LogP contribution is -2.05. The van der Waals surface area contributed by atoms with Crippen molar-refractivity contribution in [3.63, 3.8) is 0 Å². The highest BCUT2D eigenvalue weighted by atomic mass is 19.4. The lowest BCUT2D eigenvalue weighted by Gasteiger charge is -2.12. The number of nitrogens with zero attached hydrogens (tertiary/aromatic N) is 1. The zero-order valence-corrected chi connectivity index (χ0v) is 11.5. The Morgan fingerprint density at radius 1 is 1.14 bits per heavy atom. The van der Waals surface area contributed by atoms with Gasteiger partial charge in [0, 0.05) is 11.1 Å². The molecule has 0 unspecified atom stereocenters. The second-order valence-corrected chi connectivity index (χ2v) is 4.55. The number of rotatable bonds is 3. The molecule has 0 amide bonds. The Kier molecular flexibility index (Phi) is 4.36. The third-order valence-corrected chi connectivity index (χ3v) is 3.16. The maximum absolute atomic E-state index is 13.9. The molecule has 0 radical (unpaired) electrons. The smallest absolute Gasteiger partial charge is 0.416 e. The summed E-state index contributed by atoms with van der Waals surface area (Å²) in [5.74, 6) is -0.432. The molecule has 6 heteroatoms. The minimum atomic E-state index is -4.55. The first-order chi connectivity index (χ1) is 10.4. The Balaban J connectivity index is 2.54. The molecule has 2 nitrogen and oxygen atoms in total.